The van der Waals surface area contributed by atoms with Crippen LogP contribution in [0.1, 0.15) is 11.1 Å². The van der Waals surface area contributed by atoms with Crippen molar-refractivity contribution in [3.8, 4) is 0 Å². The van der Waals surface area contributed by atoms with E-state index in [9.17, 15) is 9.18 Å². The summed E-state index contributed by atoms with van der Waals surface area (Å²) in [5.74, 6) is -0.231. The highest BCUT2D eigenvalue weighted by Gasteiger charge is 2.06. The fourth-order valence-corrected chi connectivity index (χ4v) is 2.72. The van der Waals surface area contributed by atoms with Gasteiger partial charge in [-0.1, -0.05) is 41.4 Å². The van der Waals surface area contributed by atoms with Crippen LogP contribution in [0.4, 0.5) is 10.2 Å². The number of aromatic nitrogens is 2. The molecular formula is C19H14Cl2FN3O. The fraction of sp³-hybridized carbons (Fsp3) is 0.0526. The third-order valence-corrected chi connectivity index (χ3v) is 4.12. The predicted octanol–water partition coefficient (Wildman–Crippen LogP) is 5.03. The Morgan fingerprint density at radius 2 is 1.92 bits per heavy atom. The first kappa shape index (κ1) is 18.2. The first-order valence-corrected chi connectivity index (χ1v) is 8.47. The van der Waals surface area contributed by atoms with Crippen LogP contribution in [0.5, 0.6) is 0 Å². The lowest BCUT2D eigenvalue weighted by molar-refractivity contribution is -0.111. The second-order valence-corrected chi connectivity index (χ2v) is 6.35. The highest BCUT2D eigenvalue weighted by Crippen LogP contribution is 2.21. The summed E-state index contributed by atoms with van der Waals surface area (Å²) in [7, 11) is 0. The Labute approximate surface area is 159 Å². The molecule has 1 N–H and O–H groups in total. The first-order valence-electron chi connectivity index (χ1n) is 7.71. The van der Waals surface area contributed by atoms with E-state index in [-0.39, 0.29) is 11.7 Å². The molecule has 7 heteroatoms. The number of benzene rings is 2. The molecular weight excluding hydrogens is 376 g/mol. The van der Waals surface area contributed by atoms with Crippen LogP contribution in [0, 0.1) is 5.82 Å². The summed E-state index contributed by atoms with van der Waals surface area (Å²) in [4.78, 5) is 12.0. The highest BCUT2D eigenvalue weighted by atomic mass is 35.5. The summed E-state index contributed by atoms with van der Waals surface area (Å²) in [6.45, 7) is 0.456. The molecule has 0 fully saturated rings. The zero-order valence-electron chi connectivity index (χ0n) is 13.5. The van der Waals surface area contributed by atoms with Crippen LogP contribution in [-0.2, 0) is 11.3 Å². The molecule has 0 unspecified atom stereocenters. The third-order valence-electron chi connectivity index (χ3n) is 3.54. The topological polar surface area (TPSA) is 46.9 Å². The van der Waals surface area contributed by atoms with Crippen LogP contribution >= 0.6 is 23.2 Å². The van der Waals surface area contributed by atoms with Crippen LogP contribution in [0.2, 0.25) is 10.0 Å². The smallest absolute Gasteiger partial charge is 0.249 e. The quantitative estimate of drug-likeness (QED) is 0.622. The van der Waals surface area contributed by atoms with Crippen LogP contribution < -0.4 is 5.32 Å². The van der Waals surface area contributed by atoms with Gasteiger partial charge >= 0.3 is 0 Å². The van der Waals surface area contributed by atoms with E-state index in [1.165, 1.54) is 18.2 Å². The number of rotatable bonds is 5. The fourth-order valence-electron chi connectivity index (χ4n) is 2.25. The van der Waals surface area contributed by atoms with Gasteiger partial charge in [0.25, 0.3) is 0 Å². The number of amides is 1. The second-order valence-electron chi connectivity index (χ2n) is 5.51. The van der Waals surface area contributed by atoms with Gasteiger partial charge in [-0.3, -0.25) is 9.48 Å². The van der Waals surface area contributed by atoms with Gasteiger partial charge < -0.3 is 5.32 Å². The van der Waals surface area contributed by atoms with Crippen molar-refractivity contribution < 1.29 is 9.18 Å². The van der Waals surface area contributed by atoms with E-state index in [4.69, 9.17) is 23.2 Å². The SMILES string of the molecule is O=C(/C=C/c1ccc(F)cc1)Nc1ccn(Cc2ccc(Cl)cc2Cl)n1. The number of anilines is 1. The molecule has 3 rings (SSSR count). The molecule has 0 radical (unpaired) electrons. The Hall–Kier alpha value is -2.63. The normalized spacial score (nSPS) is 11.0. The van der Waals surface area contributed by atoms with Gasteiger partial charge in [-0.05, 0) is 41.5 Å². The first-order chi connectivity index (χ1) is 12.5. The van der Waals surface area contributed by atoms with Gasteiger partial charge in [0.05, 0.1) is 6.54 Å². The summed E-state index contributed by atoms with van der Waals surface area (Å²) in [5, 5.41) is 8.08. The van der Waals surface area contributed by atoms with Crippen molar-refractivity contribution in [1.82, 2.24) is 9.78 Å². The maximum absolute atomic E-state index is 12.8. The van der Waals surface area contributed by atoms with Gasteiger partial charge in [0, 0.05) is 28.4 Å². The summed E-state index contributed by atoms with van der Waals surface area (Å²) < 4.78 is 14.5. The maximum atomic E-state index is 12.8. The Morgan fingerprint density at radius 1 is 1.15 bits per heavy atom. The third kappa shape index (κ3) is 4.94. The van der Waals surface area contributed by atoms with Crippen molar-refractivity contribution in [3.63, 3.8) is 0 Å². The van der Waals surface area contributed by atoms with Gasteiger partial charge in [0.1, 0.15) is 5.82 Å². The molecule has 2 aromatic carbocycles. The molecule has 0 saturated heterocycles. The summed E-state index contributed by atoms with van der Waals surface area (Å²) in [5.41, 5.74) is 1.60. The Morgan fingerprint density at radius 3 is 2.65 bits per heavy atom. The molecule has 0 aliphatic rings. The van der Waals surface area contributed by atoms with E-state index < -0.39 is 0 Å². The molecule has 0 spiro atoms. The van der Waals surface area contributed by atoms with Gasteiger partial charge in [-0.2, -0.15) is 5.10 Å². The molecule has 3 aromatic rings. The monoisotopic (exact) mass is 389 g/mol. The molecule has 0 aliphatic heterocycles. The zero-order chi connectivity index (χ0) is 18.5. The van der Waals surface area contributed by atoms with Crippen molar-refractivity contribution in [2.75, 3.05) is 5.32 Å². The number of carbonyl (C=O) groups excluding carboxylic acids is 1. The molecule has 132 valence electrons. The van der Waals surface area contributed by atoms with E-state index >= 15 is 0 Å². The minimum atomic E-state index is -0.330. The lowest BCUT2D eigenvalue weighted by Crippen LogP contribution is -2.09. The van der Waals surface area contributed by atoms with E-state index in [1.807, 2.05) is 6.07 Å². The predicted molar refractivity (Wildman–Crippen MR) is 102 cm³/mol. The molecule has 1 aromatic heterocycles. The van der Waals surface area contributed by atoms with Crippen LogP contribution in [-0.4, -0.2) is 15.7 Å². The van der Waals surface area contributed by atoms with Crippen molar-refractivity contribution in [2.24, 2.45) is 0 Å². The maximum Gasteiger partial charge on any atom is 0.249 e. The number of nitrogens with one attached hydrogen (secondary N) is 1. The molecule has 0 atom stereocenters. The standard InChI is InChI=1S/C19H14Cl2FN3O/c20-15-5-4-14(17(21)11-15)12-25-10-9-18(24-25)23-19(26)8-3-13-1-6-16(22)7-2-13/h1-11H,12H2,(H,23,24,26)/b8-3+. The van der Waals surface area contributed by atoms with Crippen molar-refractivity contribution in [2.45, 2.75) is 6.54 Å². The van der Waals surface area contributed by atoms with Gasteiger partial charge in [-0.15, -0.1) is 0 Å². The zero-order valence-corrected chi connectivity index (χ0v) is 15.0. The lowest BCUT2D eigenvalue weighted by Gasteiger charge is -2.05. The number of hydrogen-bond donors (Lipinski definition) is 1. The van der Waals surface area contributed by atoms with Gasteiger partial charge in [-0.25, -0.2) is 4.39 Å². The average molecular weight is 390 g/mol. The summed E-state index contributed by atoms with van der Waals surface area (Å²) in [6.07, 6.45) is 4.70. The van der Waals surface area contributed by atoms with Crippen LogP contribution in [0.3, 0.4) is 0 Å². The Kier molecular flexibility index (Phi) is 5.71. The Bertz CT molecular complexity index is 952. The van der Waals surface area contributed by atoms with Gasteiger partial charge in [0.2, 0.25) is 5.91 Å². The minimum absolute atomic E-state index is 0.321. The molecule has 0 saturated carbocycles. The van der Waals surface area contributed by atoms with E-state index in [1.54, 1.807) is 47.3 Å². The van der Waals surface area contributed by atoms with E-state index in [0.29, 0.717) is 22.4 Å². The lowest BCUT2D eigenvalue weighted by atomic mass is 10.2. The minimum Gasteiger partial charge on any atom is -0.306 e. The second kappa shape index (κ2) is 8.17. The Balaban J connectivity index is 1.60. The van der Waals surface area contributed by atoms with Crippen LogP contribution in [0.25, 0.3) is 6.08 Å². The average Bonchev–Trinajstić information content (AvgIpc) is 3.04. The number of carbonyl (C=O) groups is 1. The van der Waals surface area contributed by atoms with Crippen molar-refractivity contribution in [3.05, 3.63) is 87.8 Å². The highest BCUT2D eigenvalue weighted by molar-refractivity contribution is 6.35. The van der Waals surface area contributed by atoms with Crippen molar-refractivity contribution >= 4 is 41.0 Å². The molecule has 0 aliphatic carbocycles. The largest absolute Gasteiger partial charge is 0.306 e. The molecule has 26 heavy (non-hydrogen) atoms. The number of hydrogen-bond acceptors (Lipinski definition) is 2. The van der Waals surface area contributed by atoms with E-state index in [2.05, 4.69) is 10.4 Å². The molecule has 4 nitrogen and oxygen atoms in total. The van der Waals surface area contributed by atoms with Crippen LogP contribution in [0.15, 0.2) is 60.8 Å². The van der Waals surface area contributed by atoms with Gasteiger partial charge in [0.15, 0.2) is 5.82 Å². The molecule has 0 bridgehead atoms. The number of halogens is 3. The molecule has 1 amide bonds. The number of nitrogens with zero attached hydrogens (tertiary/aromatic N) is 2. The van der Waals surface area contributed by atoms with E-state index in [0.717, 1.165) is 11.1 Å². The summed E-state index contributed by atoms with van der Waals surface area (Å²) >= 11 is 12.0. The molecule has 1 heterocycles. The summed E-state index contributed by atoms with van der Waals surface area (Å²) in [6, 6.07) is 12.8. The van der Waals surface area contributed by atoms with Crippen molar-refractivity contribution in [1.29, 1.82) is 0 Å².